The van der Waals surface area contributed by atoms with Crippen molar-refractivity contribution in [2.45, 2.75) is 13.0 Å². The lowest BCUT2D eigenvalue weighted by Crippen LogP contribution is -2.06. The van der Waals surface area contributed by atoms with Crippen LogP contribution in [0.3, 0.4) is 0 Å². The summed E-state index contributed by atoms with van der Waals surface area (Å²) < 4.78 is 0. The standard InChI is InChI=1S/C9H10ClN3/c1-5(11)8-6-2-3-12-9(6)13-4-7(8)10/h2-5H,11H2,1H3,(H,12,13)/t5-/m0/s1. The van der Waals surface area contributed by atoms with E-state index in [1.54, 1.807) is 6.20 Å². The third-order valence-corrected chi connectivity index (χ3v) is 2.34. The van der Waals surface area contributed by atoms with E-state index in [-0.39, 0.29) is 6.04 Å². The van der Waals surface area contributed by atoms with Crippen LogP contribution in [0.25, 0.3) is 11.0 Å². The first-order valence-electron chi connectivity index (χ1n) is 4.07. The fourth-order valence-corrected chi connectivity index (χ4v) is 1.79. The summed E-state index contributed by atoms with van der Waals surface area (Å²) >= 11 is 6.00. The molecular weight excluding hydrogens is 186 g/mol. The molecule has 0 spiro atoms. The predicted octanol–water partition coefficient (Wildman–Crippen LogP) is 2.24. The zero-order chi connectivity index (χ0) is 9.42. The van der Waals surface area contributed by atoms with E-state index in [2.05, 4.69) is 9.97 Å². The van der Waals surface area contributed by atoms with Crippen LogP contribution in [0.4, 0.5) is 0 Å². The van der Waals surface area contributed by atoms with Crippen molar-refractivity contribution in [3.63, 3.8) is 0 Å². The number of hydrogen-bond donors (Lipinski definition) is 2. The highest BCUT2D eigenvalue weighted by Crippen LogP contribution is 2.27. The van der Waals surface area contributed by atoms with Gasteiger partial charge in [-0.05, 0) is 18.6 Å². The van der Waals surface area contributed by atoms with Gasteiger partial charge >= 0.3 is 0 Å². The van der Waals surface area contributed by atoms with Crippen molar-refractivity contribution in [1.29, 1.82) is 0 Å². The number of nitrogens with zero attached hydrogens (tertiary/aromatic N) is 1. The van der Waals surface area contributed by atoms with Gasteiger partial charge in [0.1, 0.15) is 5.65 Å². The van der Waals surface area contributed by atoms with Crippen molar-refractivity contribution in [2.75, 3.05) is 0 Å². The van der Waals surface area contributed by atoms with Crippen LogP contribution in [0.5, 0.6) is 0 Å². The van der Waals surface area contributed by atoms with Crippen molar-refractivity contribution in [3.8, 4) is 0 Å². The minimum Gasteiger partial charge on any atom is -0.346 e. The average Bonchev–Trinajstić information content (AvgIpc) is 2.50. The maximum absolute atomic E-state index is 6.00. The molecule has 0 saturated carbocycles. The van der Waals surface area contributed by atoms with E-state index in [1.165, 1.54) is 0 Å². The lowest BCUT2D eigenvalue weighted by atomic mass is 10.1. The number of rotatable bonds is 1. The molecule has 0 aliphatic carbocycles. The number of nitrogens with one attached hydrogen (secondary N) is 1. The van der Waals surface area contributed by atoms with Gasteiger partial charge < -0.3 is 10.7 Å². The molecular formula is C9H10ClN3. The molecule has 0 radical (unpaired) electrons. The van der Waals surface area contributed by atoms with Crippen LogP contribution in [-0.4, -0.2) is 9.97 Å². The largest absolute Gasteiger partial charge is 0.346 e. The molecule has 2 heterocycles. The molecule has 2 aromatic rings. The minimum absolute atomic E-state index is 0.0752. The summed E-state index contributed by atoms with van der Waals surface area (Å²) in [5, 5.41) is 1.63. The highest BCUT2D eigenvalue weighted by molar-refractivity contribution is 6.32. The molecule has 0 saturated heterocycles. The van der Waals surface area contributed by atoms with Gasteiger partial charge in [-0.15, -0.1) is 0 Å². The third-order valence-electron chi connectivity index (χ3n) is 2.03. The van der Waals surface area contributed by atoms with Gasteiger partial charge in [0.05, 0.1) is 5.02 Å². The van der Waals surface area contributed by atoms with Crippen LogP contribution in [0, 0.1) is 0 Å². The van der Waals surface area contributed by atoms with Crippen LogP contribution in [-0.2, 0) is 0 Å². The number of pyridine rings is 1. The lowest BCUT2D eigenvalue weighted by Gasteiger charge is -2.08. The number of aromatic nitrogens is 2. The molecule has 3 nitrogen and oxygen atoms in total. The number of nitrogens with two attached hydrogens (primary N) is 1. The van der Waals surface area contributed by atoms with E-state index in [1.807, 2.05) is 19.2 Å². The molecule has 2 rings (SSSR count). The Hall–Kier alpha value is -1.06. The van der Waals surface area contributed by atoms with E-state index in [0.29, 0.717) is 5.02 Å². The van der Waals surface area contributed by atoms with Gasteiger partial charge in [-0.2, -0.15) is 0 Å². The van der Waals surface area contributed by atoms with Crippen LogP contribution < -0.4 is 5.73 Å². The van der Waals surface area contributed by atoms with Crippen molar-refractivity contribution < 1.29 is 0 Å². The first-order valence-corrected chi connectivity index (χ1v) is 4.45. The second-order valence-corrected chi connectivity index (χ2v) is 3.46. The zero-order valence-electron chi connectivity index (χ0n) is 7.21. The van der Waals surface area contributed by atoms with Gasteiger partial charge in [-0.3, -0.25) is 0 Å². The monoisotopic (exact) mass is 195 g/mol. The van der Waals surface area contributed by atoms with Crippen LogP contribution in [0.15, 0.2) is 18.5 Å². The summed E-state index contributed by atoms with van der Waals surface area (Å²) in [6.07, 6.45) is 3.46. The zero-order valence-corrected chi connectivity index (χ0v) is 7.97. The summed E-state index contributed by atoms with van der Waals surface area (Å²) in [7, 11) is 0. The molecule has 0 fully saturated rings. The number of fused-ring (bicyclic) bond motifs is 1. The Kier molecular flexibility index (Phi) is 1.98. The van der Waals surface area contributed by atoms with Gasteiger partial charge in [0.25, 0.3) is 0 Å². The molecule has 1 atom stereocenters. The maximum atomic E-state index is 6.00. The Morgan fingerprint density at radius 1 is 1.62 bits per heavy atom. The van der Waals surface area contributed by atoms with Crippen molar-refractivity contribution in [1.82, 2.24) is 9.97 Å². The average molecular weight is 196 g/mol. The first kappa shape index (κ1) is 8.53. The van der Waals surface area contributed by atoms with E-state index in [4.69, 9.17) is 17.3 Å². The van der Waals surface area contributed by atoms with Crippen LogP contribution in [0.1, 0.15) is 18.5 Å². The summed E-state index contributed by atoms with van der Waals surface area (Å²) in [5.41, 5.74) is 7.60. The van der Waals surface area contributed by atoms with E-state index < -0.39 is 0 Å². The molecule has 0 aliphatic heterocycles. The first-order chi connectivity index (χ1) is 6.20. The highest BCUT2D eigenvalue weighted by Gasteiger charge is 2.11. The molecule has 0 aromatic carbocycles. The van der Waals surface area contributed by atoms with Crippen molar-refractivity contribution in [2.24, 2.45) is 5.73 Å². The van der Waals surface area contributed by atoms with E-state index >= 15 is 0 Å². The predicted molar refractivity (Wildman–Crippen MR) is 53.7 cm³/mol. The fraction of sp³-hybridized carbons (Fsp3) is 0.222. The Labute approximate surface area is 80.9 Å². The molecule has 68 valence electrons. The number of aromatic amines is 1. The van der Waals surface area contributed by atoms with Gasteiger partial charge in [-0.25, -0.2) is 4.98 Å². The number of hydrogen-bond acceptors (Lipinski definition) is 2. The second kappa shape index (κ2) is 3.01. The normalized spacial score (nSPS) is 13.5. The SMILES string of the molecule is C[C@H](N)c1c(Cl)cnc2[nH]ccc12. The van der Waals surface area contributed by atoms with Gasteiger partial charge in [-0.1, -0.05) is 11.6 Å². The lowest BCUT2D eigenvalue weighted by molar-refractivity contribution is 0.825. The van der Waals surface area contributed by atoms with Gasteiger partial charge in [0, 0.05) is 23.8 Å². The molecule has 0 aliphatic rings. The highest BCUT2D eigenvalue weighted by atomic mass is 35.5. The molecule has 4 heteroatoms. The Morgan fingerprint density at radius 3 is 3.08 bits per heavy atom. The molecule has 3 N–H and O–H groups in total. The summed E-state index contributed by atoms with van der Waals surface area (Å²) in [5.74, 6) is 0. The van der Waals surface area contributed by atoms with E-state index in [0.717, 1.165) is 16.6 Å². The molecule has 13 heavy (non-hydrogen) atoms. The smallest absolute Gasteiger partial charge is 0.137 e. The quantitative estimate of drug-likeness (QED) is 0.733. The number of H-pyrrole nitrogens is 1. The Morgan fingerprint density at radius 2 is 2.38 bits per heavy atom. The van der Waals surface area contributed by atoms with Crippen LogP contribution >= 0.6 is 11.6 Å². The van der Waals surface area contributed by atoms with Gasteiger partial charge in [0.2, 0.25) is 0 Å². The summed E-state index contributed by atoms with van der Waals surface area (Å²) in [6.45, 7) is 1.91. The maximum Gasteiger partial charge on any atom is 0.137 e. The molecule has 0 amide bonds. The third kappa shape index (κ3) is 1.30. The van der Waals surface area contributed by atoms with Crippen molar-refractivity contribution >= 4 is 22.6 Å². The Bertz CT molecular complexity index is 433. The number of halogens is 1. The molecule has 0 unspecified atom stereocenters. The van der Waals surface area contributed by atoms with Crippen molar-refractivity contribution in [3.05, 3.63) is 29.0 Å². The van der Waals surface area contributed by atoms with E-state index in [9.17, 15) is 0 Å². The minimum atomic E-state index is -0.0752. The summed E-state index contributed by atoms with van der Waals surface area (Å²) in [6, 6.07) is 1.86. The molecule has 2 aromatic heterocycles. The Balaban J connectivity index is 2.80. The van der Waals surface area contributed by atoms with Crippen LogP contribution in [0.2, 0.25) is 5.02 Å². The fourth-order valence-electron chi connectivity index (χ4n) is 1.47. The summed E-state index contributed by atoms with van der Waals surface area (Å²) in [4.78, 5) is 7.16. The second-order valence-electron chi connectivity index (χ2n) is 3.05. The molecule has 0 bridgehead atoms. The topological polar surface area (TPSA) is 54.7 Å². The van der Waals surface area contributed by atoms with Gasteiger partial charge in [0.15, 0.2) is 0 Å².